The molecule has 120 valence electrons. The minimum atomic E-state index is -3.54. The van der Waals surface area contributed by atoms with Crippen molar-refractivity contribution in [1.82, 2.24) is 8.61 Å². The number of nitrogens with zero attached hydrogens (tertiary/aromatic N) is 3. The molecule has 1 aromatic rings. The van der Waals surface area contributed by atoms with E-state index in [1.54, 1.807) is 25.2 Å². The fraction of sp³-hybridized carbons (Fsp3) is 0.533. The lowest BCUT2D eigenvalue weighted by Gasteiger charge is -2.36. The second-order valence-electron chi connectivity index (χ2n) is 5.65. The highest BCUT2D eigenvalue weighted by atomic mass is 32.2. The highest BCUT2D eigenvalue weighted by Crippen LogP contribution is 2.18. The highest BCUT2D eigenvalue weighted by Gasteiger charge is 2.33. The summed E-state index contributed by atoms with van der Waals surface area (Å²) in [5.74, 6) is 0. The van der Waals surface area contributed by atoms with Crippen molar-refractivity contribution in [3.05, 3.63) is 35.4 Å². The molecule has 1 saturated heterocycles. The van der Waals surface area contributed by atoms with Crippen molar-refractivity contribution in [1.29, 1.82) is 5.26 Å². The van der Waals surface area contributed by atoms with Crippen molar-refractivity contribution in [2.45, 2.75) is 32.6 Å². The van der Waals surface area contributed by atoms with Crippen LogP contribution in [0.15, 0.2) is 24.3 Å². The molecule has 0 bridgehead atoms. The van der Waals surface area contributed by atoms with E-state index in [9.17, 15) is 8.42 Å². The standard InChI is InChI=1S/C15H21N3O3S/c1-12-9-18(10-13(2)21-12)22(19,20)17(3)11-15-6-4-5-14(7-15)8-16/h4-7,12-13H,9-11H2,1-3H3/t12-,13-/m1/s1. The highest BCUT2D eigenvalue weighted by molar-refractivity contribution is 7.86. The predicted octanol–water partition coefficient (Wildman–Crippen LogP) is 1.34. The molecule has 2 atom stereocenters. The monoisotopic (exact) mass is 323 g/mol. The zero-order valence-electron chi connectivity index (χ0n) is 13.1. The minimum Gasteiger partial charge on any atom is -0.373 e. The molecule has 0 unspecified atom stereocenters. The van der Waals surface area contributed by atoms with Gasteiger partial charge in [0, 0.05) is 26.7 Å². The molecule has 1 aliphatic rings. The van der Waals surface area contributed by atoms with Gasteiger partial charge in [-0.15, -0.1) is 0 Å². The number of morpholine rings is 1. The fourth-order valence-corrected chi connectivity index (χ4v) is 4.10. The van der Waals surface area contributed by atoms with Crippen molar-refractivity contribution in [2.24, 2.45) is 0 Å². The lowest BCUT2D eigenvalue weighted by molar-refractivity contribution is -0.0453. The van der Waals surface area contributed by atoms with Gasteiger partial charge < -0.3 is 4.74 Å². The first-order chi connectivity index (χ1) is 10.3. The van der Waals surface area contributed by atoms with E-state index >= 15 is 0 Å². The third-order valence-corrected chi connectivity index (χ3v) is 5.44. The summed E-state index contributed by atoms with van der Waals surface area (Å²) in [5.41, 5.74) is 1.32. The van der Waals surface area contributed by atoms with Crippen molar-refractivity contribution in [3.8, 4) is 6.07 Å². The Bertz CT molecular complexity index is 659. The van der Waals surface area contributed by atoms with Crippen LogP contribution in [0, 0.1) is 11.3 Å². The molecule has 0 saturated carbocycles. The van der Waals surface area contributed by atoms with Gasteiger partial charge in [-0.25, -0.2) is 0 Å². The molecule has 0 N–H and O–H groups in total. The first kappa shape index (κ1) is 16.9. The maximum Gasteiger partial charge on any atom is 0.282 e. The third-order valence-electron chi connectivity index (χ3n) is 3.57. The maximum absolute atomic E-state index is 12.7. The van der Waals surface area contributed by atoms with Crippen LogP contribution in [0.5, 0.6) is 0 Å². The van der Waals surface area contributed by atoms with Crippen LogP contribution in [0.3, 0.4) is 0 Å². The van der Waals surface area contributed by atoms with Crippen molar-refractivity contribution in [3.63, 3.8) is 0 Å². The van der Waals surface area contributed by atoms with Gasteiger partial charge in [0.25, 0.3) is 10.2 Å². The van der Waals surface area contributed by atoms with Crippen LogP contribution < -0.4 is 0 Å². The van der Waals surface area contributed by atoms with E-state index in [2.05, 4.69) is 6.07 Å². The average molecular weight is 323 g/mol. The van der Waals surface area contributed by atoms with Gasteiger partial charge >= 0.3 is 0 Å². The van der Waals surface area contributed by atoms with Gasteiger partial charge in [-0.2, -0.15) is 22.3 Å². The van der Waals surface area contributed by atoms with E-state index < -0.39 is 10.2 Å². The largest absolute Gasteiger partial charge is 0.373 e. The van der Waals surface area contributed by atoms with Gasteiger partial charge in [-0.05, 0) is 31.5 Å². The molecule has 6 nitrogen and oxygen atoms in total. The summed E-state index contributed by atoms with van der Waals surface area (Å²) in [7, 11) is -1.99. The van der Waals surface area contributed by atoms with E-state index in [4.69, 9.17) is 10.00 Å². The summed E-state index contributed by atoms with van der Waals surface area (Å²) in [6.45, 7) is 4.69. The molecule has 1 aromatic carbocycles. The van der Waals surface area contributed by atoms with Crippen LogP contribution in [0.4, 0.5) is 0 Å². The number of nitriles is 1. The van der Waals surface area contributed by atoms with Gasteiger partial charge in [0.2, 0.25) is 0 Å². The van der Waals surface area contributed by atoms with Gasteiger partial charge in [-0.3, -0.25) is 0 Å². The Balaban J connectivity index is 2.13. The van der Waals surface area contributed by atoms with Crippen LogP contribution in [0.2, 0.25) is 0 Å². The van der Waals surface area contributed by atoms with Gasteiger partial charge in [0.05, 0.1) is 23.8 Å². The van der Waals surface area contributed by atoms with Crippen molar-refractivity contribution < 1.29 is 13.2 Å². The Labute approximate surface area is 132 Å². The fourth-order valence-electron chi connectivity index (χ4n) is 2.59. The van der Waals surface area contributed by atoms with Gasteiger partial charge in [0.15, 0.2) is 0 Å². The molecular formula is C15H21N3O3S. The number of hydrogen-bond acceptors (Lipinski definition) is 4. The number of rotatable bonds is 4. The first-order valence-electron chi connectivity index (χ1n) is 7.19. The molecule has 7 heteroatoms. The normalized spacial score (nSPS) is 23.4. The second kappa shape index (κ2) is 6.75. The zero-order valence-corrected chi connectivity index (χ0v) is 13.9. The third kappa shape index (κ3) is 3.84. The van der Waals surface area contributed by atoms with Crippen LogP contribution in [0.25, 0.3) is 0 Å². The Morgan fingerprint density at radius 1 is 1.36 bits per heavy atom. The molecule has 2 rings (SSSR count). The summed E-state index contributed by atoms with van der Waals surface area (Å²) in [6.07, 6.45) is -0.234. The summed E-state index contributed by atoms with van der Waals surface area (Å²) < 4.78 is 33.7. The average Bonchev–Trinajstić information content (AvgIpc) is 2.46. The molecule has 1 fully saturated rings. The predicted molar refractivity (Wildman–Crippen MR) is 83.1 cm³/mol. The Kier molecular flexibility index (Phi) is 5.19. The molecule has 0 spiro atoms. The molecule has 0 radical (unpaired) electrons. The lowest BCUT2D eigenvalue weighted by Crippen LogP contribution is -2.52. The van der Waals surface area contributed by atoms with Crippen LogP contribution in [-0.4, -0.2) is 49.4 Å². The van der Waals surface area contributed by atoms with E-state index in [1.807, 2.05) is 19.9 Å². The van der Waals surface area contributed by atoms with Gasteiger partial charge in [0.1, 0.15) is 0 Å². The van der Waals surface area contributed by atoms with Crippen molar-refractivity contribution >= 4 is 10.2 Å². The number of ether oxygens (including phenoxy) is 1. The maximum atomic E-state index is 12.7. The summed E-state index contributed by atoms with van der Waals surface area (Å²) in [6, 6.07) is 9.04. The SMILES string of the molecule is C[C@@H]1CN(S(=O)(=O)N(C)Cc2cccc(C#N)c2)C[C@@H](C)O1. The smallest absolute Gasteiger partial charge is 0.282 e. The van der Waals surface area contributed by atoms with Crippen molar-refractivity contribution in [2.75, 3.05) is 20.1 Å². The van der Waals surface area contributed by atoms with Crippen LogP contribution in [-0.2, 0) is 21.5 Å². The first-order valence-corrected chi connectivity index (χ1v) is 8.58. The topological polar surface area (TPSA) is 73.6 Å². The zero-order chi connectivity index (χ0) is 16.3. The summed E-state index contributed by atoms with van der Waals surface area (Å²) in [5, 5.41) is 8.91. The summed E-state index contributed by atoms with van der Waals surface area (Å²) in [4.78, 5) is 0. The lowest BCUT2D eigenvalue weighted by atomic mass is 10.1. The van der Waals surface area contributed by atoms with E-state index in [1.165, 1.54) is 8.61 Å². The Morgan fingerprint density at radius 2 is 2.00 bits per heavy atom. The molecular weight excluding hydrogens is 302 g/mol. The Hall–Kier alpha value is -1.46. The Morgan fingerprint density at radius 3 is 2.59 bits per heavy atom. The quantitative estimate of drug-likeness (QED) is 0.838. The second-order valence-corrected chi connectivity index (χ2v) is 7.69. The van der Waals surface area contributed by atoms with E-state index in [0.29, 0.717) is 18.7 Å². The molecule has 0 aromatic heterocycles. The van der Waals surface area contributed by atoms with E-state index in [-0.39, 0.29) is 18.8 Å². The van der Waals surface area contributed by atoms with Crippen LogP contribution in [0.1, 0.15) is 25.0 Å². The number of benzene rings is 1. The molecule has 1 heterocycles. The molecule has 0 amide bonds. The number of hydrogen-bond donors (Lipinski definition) is 0. The van der Waals surface area contributed by atoms with Crippen LogP contribution >= 0.6 is 0 Å². The van der Waals surface area contributed by atoms with E-state index in [0.717, 1.165) is 5.56 Å². The van der Waals surface area contributed by atoms with Gasteiger partial charge in [-0.1, -0.05) is 12.1 Å². The molecule has 0 aliphatic carbocycles. The molecule has 1 aliphatic heterocycles. The minimum absolute atomic E-state index is 0.117. The molecule has 22 heavy (non-hydrogen) atoms. The summed E-state index contributed by atoms with van der Waals surface area (Å²) >= 11 is 0.